The number of likely N-dealkylation sites (tertiary alicyclic amines) is 1. The second kappa shape index (κ2) is 18.8. The van der Waals surface area contributed by atoms with Gasteiger partial charge in [-0.05, 0) is 61.5 Å². The van der Waals surface area contributed by atoms with Gasteiger partial charge in [-0.25, -0.2) is 4.98 Å². The minimum absolute atomic E-state index is 0.0419. The van der Waals surface area contributed by atoms with Crippen LogP contribution in [0.25, 0.3) is 0 Å². The molecular formula is C43H55F3N4O7. The summed E-state index contributed by atoms with van der Waals surface area (Å²) in [5.41, 5.74) is -1.81. The molecule has 2 aromatic rings. The van der Waals surface area contributed by atoms with Gasteiger partial charge in [0.15, 0.2) is 17.3 Å². The quantitative estimate of drug-likeness (QED) is 0.155. The lowest BCUT2D eigenvalue weighted by Gasteiger charge is -2.36. The first-order valence-electron chi connectivity index (χ1n) is 20.3. The van der Waals surface area contributed by atoms with E-state index in [0.29, 0.717) is 19.3 Å². The number of para-hydroxylation sites is 1. The van der Waals surface area contributed by atoms with E-state index in [1.54, 1.807) is 20.8 Å². The van der Waals surface area contributed by atoms with Crippen LogP contribution in [-0.2, 0) is 30.1 Å². The molecule has 2 saturated carbocycles. The predicted molar refractivity (Wildman–Crippen MR) is 204 cm³/mol. The number of halogens is 3. The van der Waals surface area contributed by atoms with Crippen LogP contribution >= 0.6 is 0 Å². The van der Waals surface area contributed by atoms with Crippen molar-refractivity contribution >= 4 is 34.9 Å². The SMILES string of the molecule is CCC[C@H](CC(=O)C1C[C@@H](Oc2ccccc2C(F)(F)F)CN1C(=O)[C@@H](CC(=O)[C@@H](NC(=O)c1cnccn1)C1CCCCC1)C(C)(C)C)C(=O)C(=O)CC1CC1. The first kappa shape index (κ1) is 43.6. The van der Waals surface area contributed by atoms with E-state index in [4.69, 9.17) is 4.74 Å². The third-order valence-electron chi connectivity index (χ3n) is 11.6. The molecule has 1 aliphatic heterocycles. The number of alkyl halides is 3. The summed E-state index contributed by atoms with van der Waals surface area (Å²) >= 11 is 0. The summed E-state index contributed by atoms with van der Waals surface area (Å²) in [6, 6.07) is 2.61. The van der Waals surface area contributed by atoms with Gasteiger partial charge in [0.25, 0.3) is 5.91 Å². The second-order valence-electron chi connectivity index (χ2n) is 17.1. The van der Waals surface area contributed by atoms with E-state index in [2.05, 4.69) is 15.3 Å². The molecule has 310 valence electrons. The van der Waals surface area contributed by atoms with Crippen LogP contribution in [0.1, 0.15) is 127 Å². The Labute approximate surface area is 332 Å². The first-order valence-corrected chi connectivity index (χ1v) is 20.3. The van der Waals surface area contributed by atoms with Crippen molar-refractivity contribution in [3.05, 3.63) is 54.1 Å². The topological polar surface area (TPSA) is 153 Å². The van der Waals surface area contributed by atoms with Crippen molar-refractivity contribution in [3.8, 4) is 5.75 Å². The number of ether oxygens (including phenoxy) is 1. The van der Waals surface area contributed by atoms with E-state index in [1.807, 2.05) is 6.92 Å². The number of ketones is 4. The van der Waals surface area contributed by atoms with Gasteiger partial charge in [0.05, 0.1) is 30.4 Å². The monoisotopic (exact) mass is 796 g/mol. The van der Waals surface area contributed by atoms with Crippen LogP contribution in [0.4, 0.5) is 13.2 Å². The Bertz CT molecular complexity index is 1770. The molecule has 5 rings (SSSR count). The number of nitrogens with one attached hydrogen (secondary N) is 1. The van der Waals surface area contributed by atoms with Crippen LogP contribution in [0.5, 0.6) is 5.75 Å². The number of Topliss-reactive ketones (excluding diaryl/α,β-unsaturated/α-hetero) is 4. The van der Waals surface area contributed by atoms with Gasteiger partial charge in [0, 0.05) is 49.9 Å². The summed E-state index contributed by atoms with van der Waals surface area (Å²) in [6.07, 6.45) is 4.45. The maximum Gasteiger partial charge on any atom is 0.419 e. The lowest BCUT2D eigenvalue weighted by molar-refractivity contribution is -0.147. The number of hydrogen-bond donors (Lipinski definition) is 1. The highest BCUT2D eigenvalue weighted by atomic mass is 19.4. The van der Waals surface area contributed by atoms with Crippen molar-refractivity contribution in [2.75, 3.05) is 6.54 Å². The molecule has 57 heavy (non-hydrogen) atoms. The molecule has 14 heteroatoms. The van der Waals surface area contributed by atoms with Crippen molar-refractivity contribution in [2.24, 2.45) is 29.1 Å². The summed E-state index contributed by atoms with van der Waals surface area (Å²) in [6.45, 7) is 6.96. The number of hydrogen-bond acceptors (Lipinski definition) is 9. The van der Waals surface area contributed by atoms with E-state index < -0.39 is 82.1 Å². The van der Waals surface area contributed by atoms with Crippen LogP contribution in [-0.4, -0.2) is 74.5 Å². The van der Waals surface area contributed by atoms with Gasteiger partial charge in [0.1, 0.15) is 17.5 Å². The second-order valence-corrected chi connectivity index (χ2v) is 17.1. The molecule has 0 bridgehead atoms. The molecule has 2 aliphatic carbocycles. The van der Waals surface area contributed by atoms with Gasteiger partial charge >= 0.3 is 6.18 Å². The lowest BCUT2D eigenvalue weighted by atomic mass is 9.74. The molecule has 1 aromatic heterocycles. The smallest absolute Gasteiger partial charge is 0.419 e. The summed E-state index contributed by atoms with van der Waals surface area (Å²) in [4.78, 5) is 92.3. The molecular weight excluding hydrogens is 741 g/mol. The molecule has 3 fully saturated rings. The molecule has 11 nitrogen and oxygen atoms in total. The minimum atomic E-state index is -4.73. The molecule has 5 atom stereocenters. The molecule has 0 spiro atoms. The Balaban J connectivity index is 1.43. The highest BCUT2D eigenvalue weighted by molar-refractivity contribution is 6.38. The number of benzene rings is 1. The van der Waals surface area contributed by atoms with E-state index in [1.165, 1.54) is 41.7 Å². The van der Waals surface area contributed by atoms with Crippen molar-refractivity contribution in [2.45, 2.75) is 136 Å². The van der Waals surface area contributed by atoms with Gasteiger partial charge in [-0.1, -0.05) is 65.5 Å². The van der Waals surface area contributed by atoms with Crippen LogP contribution < -0.4 is 10.1 Å². The van der Waals surface area contributed by atoms with Crippen molar-refractivity contribution in [3.63, 3.8) is 0 Å². The maximum atomic E-state index is 14.9. The van der Waals surface area contributed by atoms with Crippen LogP contribution in [0, 0.1) is 29.1 Å². The zero-order valence-electron chi connectivity index (χ0n) is 33.3. The van der Waals surface area contributed by atoms with E-state index in [0.717, 1.165) is 38.2 Å². The number of carbonyl (C=O) groups is 6. The number of amides is 2. The fourth-order valence-corrected chi connectivity index (χ4v) is 8.23. The number of nitrogens with zero attached hydrogens (tertiary/aromatic N) is 3. The third-order valence-corrected chi connectivity index (χ3v) is 11.6. The van der Waals surface area contributed by atoms with Crippen LogP contribution in [0.15, 0.2) is 42.9 Å². The summed E-state index contributed by atoms with van der Waals surface area (Å²) < 4.78 is 47.9. The van der Waals surface area contributed by atoms with Gasteiger partial charge in [-0.3, -0.25) is 33.8 Å². The third kappa shape index (κ3) is 11.6. The number of rotatable bonds is 18. The largest absolute Gasteiger partial charge is 0.488 e. The van der Waals surface area contributed by atoms with E-state index >= 15 is 0 Å². The zero-order valence-corrected chi connectivity index (χ0v) is 33.3. The van der Waals surface area contributed by atoms with Crippen molar-refractivity contribution in [1.82, 2.24) is 20.2 Å². The molecule has 1 aromatic carbocycles. The highest BCUT2D eigenvalue weighted by Crippen LogP contribution is 2.40. The fraction of sp³-hybridized carbons (Fsp3) is 0.628. The summed E-state index contributed by atoms with van der Waals surface area (Å²) in [7, 11) is 0. The van der Waals surface area contributed by atoms with Crippen LogP contribution in [0.3, 0.4) is 0 Å². The Hall–Kier alpha value is -4.49. The van der Waals surface area contributed by atoms with E-state index in [9.17, 15) is 41.9 Å². The van der Waals surface area contributed by atoms with Crippen molar-refractivity contribution < 1.29 is 46.7 Å². The van der Waals surface area contributed by atoms with Crippen LogP contribution in [0.2, 0.25) is 0 Å². The highest BCUT2D eigenvalue weighted by Gasteiger charge is 2.48. The van der Waals surface area contributed by atoms with Gasteiger partial charge < -0.3 is 15.0 Å². The fourth-order valence-electron chi connectivity index (χ4n) is 8.23. The zero-order chi connectivity index (χ0) is 41.5. The van der Waals surface area contributed by atoms with Gasteiger partial charge in [-0.2, -0.15) is 13.2 Å². The average Bonchev–Trinajstić information content (AvgIpc) is 3.90. The molecule has 2 heterocycles. The predicted octanol–water partition coefficient (Wildman–Crippen LogP) is 7.16. The van der Waals surface area contributed by atoms with Gasteiger partial charge in [-0.15, -0.1) is 0 Å². The summed E-state index contributed by atoms with van der Waals surface area (Å²) in [5, 5.41) is 2.87. The van der Waals surface area contributed by atoms with E-state index in [-0.39, 0.29) is 62.0 Å². The molecule has 2 amide bonds. The lowest BCUT2D eigenvalue weighted by Crippen LogP contribution is -2.51. The first-order chi connectivity index (χ1) is 27.0. The molecule has 0 radical (unpaired) electrons. The molecule has 1 unspecified atom stereocenters. The molecule has 1 saturated heterocycles. The minimum Gasteiger partial charge on any atom is -0.488 e. The Morgan fingerprint density at radius 3 is 2.26 bits per heavy atom. The average molecular weight is 797 g/mol. The van der Waals surface area contributed by atoms with Gasteiger partial charge in [0.2, 0.25) is 11.7 Å². The molecule has 1 N–H and O–H groups in total. The Morgan fingerprint density at radius 1 is 0.947 bits per heavy atom. The standard InChI is InChI=1S/C43H55F3N4O7/c1-5-11-28(39(54)36(53)20-26-16-17-26)21-34(51)33-22-29(57-37-15-10-9-14-30(37)43(44,45)46)25-50(33)41(56)31(42(2,3)4)23-35(52)38(27-12-7-6-8-13-27)49-40(55)32-24-47-18-19-48-32/h9-10,14-15,18-19,24,26-29,31,33,38H,5-8,11-13,16-17,20-23,25H2,1-4H3,(H,49,55)/t28-,29-,31-,33?,38+/m1/s1. The maximum absolute atomic E-state index is 14.9. The Morgan fingerprint density at radius 2 is 1.65 bits per heavy atom. The number of carbonyl (C=O) groups excluding carboxylic acids is 6. The summed E-state index contributed by atoms with van der Waals surface area (Å²) in [5.74, 6) is -5.47. The molecule has 3 aliphatic rings. The number of aromatic nitrogens is 2. The Kier molecular flexibility index (Phi) is 14.4. The van der Waals surface area contributed by atoms with Crippen molar-refractivity contribution in [1.29, 1.82) is 0 Å². The normalized spacial score (nSPS) is 20.6.